The van der Waals surface area contributed by atoms with Crippen LogP contribution in [0.3, 0.4) is 0 Å². The van der Waals surface area contributed by atoms with E-state index in [0.717, 1.165) is 27.2 Å². The molecule has 5 rings (SSSR count). The van der Waals surface area contributed by atoms with Gasteiger partial charge < -0.3 is 14.8 Å². The fraction of sp³-hybridized carbons (Fsp3) is 0.240. The maximum absolute atomic E-state index is 13.5. The van der Waals surface area contributed by atoms with E-state index in [2.05, 4.69) is 15.2 Å². The summed E-state index contributed by atoms with van der Waals surface area (Å²) in [5.41, 5.74) is 2.84. The Morgan fingerprint density at radius 3 is 2.45 bits per heavy atom. The van der Waals surface area contributed by atoms with E-state index in [0.29, 0.717) is 37.6 Å². The first kappa shape index (κ1) is 21.4. The molecule has 1 aliphatic rings. The lowest BCUT2D eigenvalue weighted by atomic mass is 10.2. The average Bonchev–Trinajstić information content (AvgIpc) is 3.48. The van der Waals surface area contributed by atoms with Crippen LogP contribution in [-0.2, 0) is 4.79 Å². The van der Waals surface area contributed by atoms with Gasteiger partial charge in [0.05, 0.1) is 12.2 Å². The summed E-state index contributed by atoms with van der Waals surface area (Å²) in [6.45, 7) is 4.83. The summed E-state index contributed by atoms with van der Waals surface area (Å²) in [6, 6.07) is 15.6. The van der Waals surface area contributed by atoms with E-state index in [9.17, 15) is 9.59 Å². The van der Waals surface area contributed by atoms with Crippen LogP contribution in [0.2, 0.25) is 0 Å². The number of rotatable bonds is 5. The number of nitrogens with zero attached hydrogens (tertiary/aromatic N) is 4. The highest BCUT2D eigenvalue weighted by Gasteiger charge is 2.28. The molecule has 0 unspecified atom stereocenters. The van der Waals surface area contributed by atoms with E-state index in [1.807, 2.05) is 77.3 Å². The van der Waals surface area contributed by atoms with Gasteiger partial charge >= 0.3 is 0 Å². The molecule has 1 fully saturated rings. The Hall–Kier alpha value is -3.49. The zero-order valence-electron chi connectivity index (χ0n) is 18.4. The Morgan fingerprint density at radius 2 is 1.73 bits per heavy atom. The Morgan fingerprint density at radius 1 is 1.00 bits per heavy atom. The van der Waals surface area contributed by atoms with Crippen molar-refractivity contribution in [1.82, 2.24) is 19.4 Å². The minimum absolute atomic E-state index is 0.0189. The van der Waals surface area contributed by atoms with Crippen LogP contribution < -0.4 is 5.32 Å². The quantitative estimate of drug-likeness (QED) is 0.493. The third-order valence-electron chi connectivity index (χ3n) is 5.86. The molecule has 1 aliphatic heterocycles. The van der Waals surface area contributed by atoms with Crippen LogP contribution in [0.5, 0.6) is 0 Å². The molecule has 1 N–H and O–H groups in total. The second kappa shape index (κ2) is 9.17. The summed E-state index contributed by atoms with van der Waals surface area (Å²) in [5, 5.41) is 3.93. The summed E-state index contributed by atoms with van der Waals surface area (Å²) in [4.78, 5) is 35.9. The van der Waals surface area contributed by atoms with Gasteiger partial charge in [-0.15, -0.1) is 11.3 Å². The first-order chi connectivity index (χ1) is 16.1. The number of carbonyl (C=O) groups is 2. The van der Waals surface area contributed by atoms with Crippen molar-refractivity contribution in [3.05, 3.63) is 77.6 Å². The molecule has 1 saturated heterocycles. The molecule has 4 aromatic rings. The smallest absolute Gasteiger partial charge is 0.266 e. The molecular formula is C25H25N5O2S. The number of anilines is 1. The summed E-state index contributed by atoms with van der Waals surface area (Å²) < 4.78 is 1.99. The van der Waals surface area contributed by atoms with E-state index in [1.54, 1.807) is 6.20 Å². The van der Waals surface area contributed by atoms with Crippen molar-refractivity contribution in [3.8, 4) is 5.69 Å². The van der Waals surface area contributed by atoms with E-state index >= 15 is 0 Å². The number of nitrogens with one attached hydrogen (secondary N) is 1. The number of hydrogen-bond donors (Lipinski definition) is 1. The van der Waals surface area contributed by atoms with Crippen LogP contribution >= 0.6 is 11.3 Å². The predicted molar refractivity (Wildman–Crippen MR) is 131 cm³/mol. The van der Waals surface area contributed by atoms with Crippen LogP contribution in [0.25, 0.3) is 15.9 Å². The minimum Gasteiger partial charge on any atom is -0.335 e. The number of piperazine rings is 1. The van der Waals surface area contributed by atoms with Crippen LogP contribution in [0.1, 0.15) is 15.2 Å². The molecule has 7 nitrogen and oxygen atoms in total. The molecule has 0 atom stereocenters. The van der Waals surface area contributed by atoms with Crippen molar-refractivity contribution in [1.29, 1.82) is 0 Å². The number of carbonyl (C=O) groups excluding carboxylic acids is 2. The molecule has 3 aromatic heterocycles. The van der Waals surface area contributed by atoms with E-state index < -0.39 is 0 Å². The van der Waals surface area contributed by atoms with Crippen molar-refractivity contribution >= 4 is 39.1 Å². The Bertz CT molecular complexity index is 1270. The van der Waals surface area contributed by atoms with Gasteiger partial charge in [0.1, 0.15) is 9.71 Å². The molecule has 33 heavy (non-hydrogen) atoms. The maximum Gasteiger partial charge on any atom is 0.266 e. The van der Waals surface area contributed by atoms with Crippen molar-refractivity contribution in [2.24, 2.45) is 0 Å². The average molecular weight is 460 g/mol. The van der Waals surface area contributed by atoms with Gasteiger partial charge in [-0.05, 0) is 43.3 Å². The lowest BCUT2D eigenvalue weighted by molar-refractivity contribution is -0.117. The summed E-state index contributed by atoms with van der Waals surface area (Å²) in [7, 11) is 0. The molecule has 168 valence electrons. The fourth-order valence-electron chi connectivity index (χ4n) is 4.10. The van der Waals surface area contributed by atoms with E-state index in [1.165, 1.54) is 11.3 Å². The van der Waals surface area contributed by atoms with Gasteiger partial charge in [0.2, 0.25) is 5.91 Å². The topological polar surface area (TPSA) is 70.5 Å². The first-order valence-corrected chi connectivity index (χ1v) is 11.8. The summed E-state index contributed by atoms with van der Waals surface area (Å²) >= 11 is 1.44. The van der Waals surface area contributed by atoms with Crippen molar-refractivity contribution in [3.63, 3.8) is 0 Å². The van der Waals surface area contributed by atoms with Crippen molar-refractivity contribution < 1.29 is 9.59 Å². The van der Waals surface area contributed by atoms with Gasteiger partial charge in [-0.25, -0.2) is 4.98 Å². The third-order valence-corrected chi connectivity index (χ3v) is 6.95. The minimum atomic E-state index is -0.0379. The highest BCUT2D eigenvalue weighted by molar-refractivity contribution is 7.21. The Kier molecular flexibility index (Phi) is 5.93. The zero-order valence-corrected chi connectivity index (χ0v) is 19.2. The van der Waals surface area contributed by atoms with Crippen molar-refractivity contribution in [2.75, 3.05) is 38.0 Å². The monoisotopic (exact) mass is 459 g/mol. The molecule has 0 saturated carbocycles. The predicted octanol–water partition coefficient (Wildman–Crippen LogP) is 3.79. The van der Waals surface area contributed by atoms with Crippen LogP contribution in [0, 0.1) is 6.92 Å². The number of amides is 2. The number of fused-ring (bicyclic) bond motifs is 1. The third kappa shape index (κ3) is 4.53. The molecule has 1 aromatic carbocycles. The standard InChI is InChI=1S/C25H25N5O2S/c1-18-6-8-19(9-7-18)27-21(31)17-28-13-15-30(16-14-28)25(32)23-22(29-11-2-3-12-29)20-5-4-10-26-24(20)33-23/h2-12H,13-17H2,1H3,(H,27,31). The van der Waals surface area contributed by atoms with Gasteiger partial charge in [0, 0.05) is 55.8 Å². The number of benzene rings is 1. The van der Waals surface area contributed by atoms with Crippen LogP contribution in [0.15, 0.2) is 67.1 Å². The Balaban J connectivity index is 1.25. The highest BCUT2D eigenvalue weighted by Crippen LogP contribution is 2.34. The fourth-order valence-corrected chi connectivity index (χ4v) is 5.21. The van der Waals surface area contributed by atoms with Gasteiger partial charge in [-0.3, -0.25) is 14.5 Å². The Labute approximate surface area is 196 Å². The number of hydrogen-bond acceptors (Lipinski definition) is 5. The first-order valence-electron chi connectivity index (χ1n) is 11.0. The maximum atomic E-state index is 13.5. The zero-order chi connectivity index (χ0) is 22.8. The molecule has 0 spiro atoms. The second-order valence-corrected chi connectivity index (χ2v) is 9.21. The van der Waals surface area contributed by atoms with Crippen molar-refractivity contribution in [2.45, 2.75) is 6.92 Å². The highest BCUT2D eigenvalue weighted by atomic mass is 32.1. The molecular weight excluding hydrogens is 434 g/mol. The SMILES string of the molecule is Cc1ccc(NC(=O)CN2CCN(C(=O)c3sc4ncccc4c3-n3cccc3)CC2)cc1. The molecule has 8 heteroatoms. The summed E-state index contributed by atoms with van der Waals surface area (Å²) in [6.07, 6.45) is 5.67. The second-order valence-electron chi connectivity index (χ2n) is 8.21. The van der Waals surface area contributed by atoms with Gasteiger partial charge in [-0.1, -0.05) is 17.7 Å². The molecule has 4 heterocycles. The largest absolute Gasteiger partial charge is 0.335 e. The number of thiophene rings is 1. The molecule has 0 radical (unpaired) electrons. The normalized spacial score (nSPS) is 14.5. The van der Waals surface area contributed by atoms with Gasteiger partial charge in [0.25, 0.3) is 5.91 Å². The summed E-state index contributed by atoms with van der Waals surface area (Å²) in [5.74, 6) is -0.0189. The van der Waals surface area contributed by atoms with Gasteiger partial charge in [0.15, 0.2) is 0 Å². The van der Waals surface area contributed by atoms with E-state index in [-0.39, 0.29) is 11.8 Å². The molecule has 0 aliphatic carbocycles. The van der Waals surface area contributed by atoms with Gasteiger partial charge in [-0.2, -0.15) is 0 Å². The lowest BCUT2D eigenvalue weighted by Gasteiger charge is -2.34. The number of aromatic nitrogens is 2. The molecule has 0 bridgehead atoms. The molecule has 2 amide bonds. The lowest BCUT2D eigenvalue weighted by Crippen LogP contribution is -2.50. The number of aryl methyl sites for hydroxylation is 1. The number of pyridine rings is 1. The van der Waals surface area contributed by atoms with Crippen LogP contribution in [0.4, 0.5) is 5.69 Å². The van der Waals surface area contributed by atoms with Crippen LogP contribution in [-0.4, -0.2) is 63.9 Å². The van der Waals surface area contributed by atoms with E-state index in [4.69, 9.17) is 0 Å².